The molecular formula is C23H24N4O2. The standard InChI is InChI=1S/C23H24N4O2/c1-23(28)8-2-3-18(12-23)26-19-4-5-22-25-13-21(27(22)14-19)16-6-9-24-20(11-16)17-7-10-29-15-17/h4-7,9-11,13-15,18,26,28H,2-3,8,12H2,1H3/t18-,23-/m1/s1. The molecule has 0 amide bonds. The van der Waals surface area contributed by atoms with Crippen molar-refractivity contribution in [1.82, 2.24) is 14.4 Å². The molecule has 0 aliphatic heterocycles. The molecule has 0 spiro atoms. The second kappa shape index (κ2) is 7.04. The second-order valence-electron chi connectivity index (χ2n) is 8.17. The molecule has 0 bridgehead atoms. The summed E-state index contributed by atoms with van der Waals surface area (Å²) in [5.41, 5.74) is 5.21. The molecule has 1 aliphatic carbocycles. The summed E-state index contributed by atoms with van der Waals surface area (Å²) in [5.74, 6) is 0. The van der Waals surface area contributed by atoms with Gasteiger partial charge in [-0.25, -0.2) is 4.98 Å². The van der Waals surface area contributed by atoms with Crippen LogP contribution in [0, 0.1) is 0 Å². The molecule has 1 saturated carbocycles. The number of hydrogen-bond acceptors (Lipinski definition) is 5. The van der Waals surface area contributed by atoms with Gasteiger partial charge < -0.3 is 14.8 Å². The van der Waals surface area contributed by atoms with Crippen LogP contribution in [0.5, 0.6) is 0 Å². The van der Waals surface area contributed by atoms with E-state index in [0.29, 0.717) is 0 Å². The molecule has 6 nitrogen and oxygen atoms in total. The maximum atomic E-state index is 10.4. The van der Waals surface area contributed by atoms with E-state index in [2.05, 4.69) is 31.9 Å². The van der Waals surface area contributed by atoms with Gasteiger partial charge in [-0.3, -0.25) is 9.38 Å². The average molecular weight is 388 g/mol. The number of aliphatic hydroxyl groups is 1. The first kappa shape index (κ1) is 17.9. The van der Waals surface area contributed by atoms with Gasteiger partial charge in [0.05, 0.1) is 41.4 Å². The Hall–Kier alpha value is -3.12. The highest BCUT2D eigenvalue weighted by molar-refractivity contribution is 5.70. The van der Waals surface area contributed by atoms with Crippen LogP contribution in [0.2, 0.25) is 0 Å². The van der Waals surface area contributed by atoms with E-state index in [4.69, 9.17) is 4.42 Å². The first-order valence-corrected chi connectivity index (χ1v) is 10.0. The van der Waals surface area contributed by atoms with E-state index in [1.54, 1.807) is 12.5 Å². The van der Waals surface area contributed by atoms with Crippen LogP contribution in [0.1, 0.15) is 32.6 Å². The smallest absolute Gasteiger partial charge is 0.137 e. The Morgan fingerprint density at radius 1 is 1.21 bits per heavy atom. The summed E-state index contributed by atoms with van der Waals surface area (Å²) >= 11 is 0. The zero-order valence-electron chi connectivity index (χ0n) is 16.4. The van der Waals surface area contributed by atoms with Crippen molar-refractivity contribution in [2.75, 3.05) is 5.32 Å². The zero-order chi connectivity index (χ0) is 19.8. The van der Waals surface area contributed by atoms with Gasteiger partial charge in [-0.05, 0) is 62.9 Å². The van der Waals surface area contributed by atoms with Crippen molar-refractivity contribution >= 4 is 11.3 Å². The highest BCUT2D eigenvalue weighted by Crippen LogP contribution is 2.31. The van der Waals surface area contributed by atoms with E-state index in [-0.39, 0.29) is 6.04 Å². The fraction of sp³-hybridized carbons (Fsp3) is 0.304. The maximum Gasteiger partial charge on any atom is 0.137 e. The third-order valence-electron chi connectivity index (χ3n) is 5.70. The van der Waals surface area contributed by atoms with Crippen LogP contribution in [-0.2, 0) is 0 Å². The Balaban J connectivity index is 1.47. The number of hydrogen-bond donors (Lipinski definition) is 2. The average Bonchev–Trinajstić information content (AvgIpc) is 3.37. The lowest BCUT2D eigenvalue weighted by Gasteiger charge is -2.34. The predicted molar refractivity (Wildman–Crippen MR) is 113 cm³/mol. The molecular weight excluding hydrogens is 364 g/mol. The molecule has 29 heavy (non-hydrogen) atoms. The zero-order valence-corrected chi connectivity index (χ0v) is 16.4. The molecule has 0 radical (unpaired) electrons. The van der Waals surface area contributed by atoms with Gasteiger partial charge in [0, 0.05) is 29.6 Å². The third-order valence-corrected chi connectivity index (χ3v) is 5.70. The van der Waals surface area contributed by atoms with Gasteiger partial charge in [0.25, 0.3) is 0 Å². The van der Waals surface area contributed by atoms with Crippen LogP contribution in [0.15, 0.2) is 65.9 Å². The molecule has 0 saturated heterocycles. The number of pyridine rings is 2. The Morgan fingerprint density at radius 3 is 2.97 bits per heavy atom. The number of imidazole rings is 1. The summed E-state index contributed by atoms with van der Waals surface area (Å²) in [6.07, 6.45) is 12.9. The van der Waals surface area contributed by atoms with Crippen LogP contribution < -0.4 is 5.32 Å². The largest absolute Gasteiger partial charge is 0.472 e. The molecule has 4 heterocycles. The normalized spacial score (nSPS) is 22.1. The summed E-state index contributed by atoms with van der Waals surface area (Å²) in [4.78, 5) is 9.01. The number of anilines is 1. The van der Waals surface area contributed by atoms with Gasteiger partial charge in [-0.15, -0.1) is 0 Å². The number of aromatic nitrogens is 3. The van der Waals surface area contributed by atoms with Crippen molar-refractivity contribution in [2.45, 2.75) is 44.2 Å². The Bertz CT molecular complexity index is 1130. The molecule has 1 aliphatic rings. The lowest BCUT2D eigenvalue weighted by molar-refractivity contribution is 0.0182. The molecule has 1 fully saturated rings. The van der Waals surface area contributed by atoms with Crippen molar-refractivity contribution in [1.29, 1.82) is 0 Å². The molecule has 5 rings (SSSR count). The first-order chi connectivity index (χ1) is 14.1. The summed E-state index contributed by atoms with van der Waals surface area (Å²) < 4.78 is 7.28. The number of fused-ring (bicyclic) bond motifs is 1. The Morgan fingerprint density at radius 2 is 2.14 bits per heavy atom. The van der Waals surface area contributed by atoms with E-state index >= 15 is 0 Å². The lowest BCUT2D eigenvalue weighted by atomic mass is 9.83. The summed E-state index contributed by atoms with van der Waals surface area (Å²) in [6, 6.07) is 10.3. The SMILES string of the molecule is C[C@@]1(O)CCC[C@@H](Nc2ccc3ncc(-c4ccnc(-c5ccoc5)c4)n3c2)C1. The molecule has 0 aromatic carbocycles. The summed E-state index contributed by atoms with van der Waals surface area (Å²) in [7, 11) is 0. The second-order valence-corrected chi connectivity index (χ2v) is 8.17. The molecule has 2 atom stereocenters. The van der Waals surface area contributed by atoms with Crippen molar-refractivity contribution in [3.8, 4) is 22.5 Å². The fourth-order valence-corrected chi connectivity index (χ4v) is 4.26. The van der Waals surface area contributed by atoms with Gasteiger partial charge in [0.15, 0.2) is 0 Å². The monoisotopic (exact) mass is 388 g/mol. The van der Waals surface area contributed by atoms with Crippen LogP contribution in [0.25, 0.3) is 28.2 Å². The summed E-state index contributed by atoms with van der Waals surface area (Å²) in [6.45, 7) is 1.93. The van der Waals surface area contributed by atoms with Gasteiger partial charge in [-0.1, -0.05) is 0 Å². The number of rotatable bonds is 4. The summed E-state index contributed by atoms with van der Waals surface area (Å²) in [5, 5.41) is 14.0. The number of nitrogens with one attached hydrogen (secondary N) is 1. The van der Waals surface area contributed by atoms with E-state index in [9.17, 15) is 5.11 Å². The van der Waals surface area contributed by atoms with Crippen LogP contribution in [0.3, 0.4) is 0 Å². The van der Waals surface area contributed by atoms with Gasteiger partial charge in [0.2, 0.25) is 0 Å². The van der Waals surface area contributed by atoms with Crippen LogP contribution in [-0.4, -0.2) is 31.1 Å². The van der Waals surface area contributed by atoms with E-state index < -0.39 is 5.60 Å². The topological polar surface area (TPSA) is 75.6 Å². The highest BCUT2D eigenvalue weighted by Gasteiger charge is 2.29. The molecule has 4 aromatic heterocycles. The van der Waals surface area contributed by atoms with E-state index in [0.717, 1.165) is 59.5 Å². The molecule has 6 heteroatoms. The first-order valence-electron chi connectivity index (χ1n) is 10.0. The van der Waals surface area contributed by atoms with E-state index in [1.807, 2.05) is 43.6 Å². The van der Waals surface area contributed by atoms with Crippen molar-refractivity contribution < 1.29 is 9.52 Å². The van der Waals surface area contributed by atoms with Crippen molar-refractivity contribution in [2.24, 2.45) is 0 Å². The van der Waals surface area contributed by atoms with Crippen molar-refractivity contribution in [3.05, 3.63) is 61.4 Å². The minimum absolute atomic E-state index is 0.275. The fourth-order valence-electron chi connectivity index (χ4n) is 4.26. The minimum atomic E-state index is -0.583. The Kier molecular flexibility index (Phi) is 4.36. The lowest BCUT2D eigenvalue weighted by Crippen LogP contribution is -2.38. The molecule has 148 valence electrons. The van der Waals surface area contributed by atoms with Gasteiger partial charge in [0.1, 0.15) is 5.65 Å². The van der Waals surface area contributed by atoms with Gasteiger partial charge in [-0.2, -0.15) is 0 Å². The quantitative estimate of drug-likeness (QED) is 0.527. The third kappa shape index (κ3) is 3.63. The predicted octanol–water partition coefficient (Wildman–Crippen LogP) is 4.76. The molecule has 0 unspecified atom stereocenters. The Labute approximate surface area is 169 Å². The van der Waals surface area contributed by atoms with E-state index in [1.165, 1.54) is 0 Å². The van der Waals surface area contributed by atoms with Crippen LogP contribution >= 0.6 is 0 Å². The van der Waals surface area contributed by atoms with Crippen LogP contribution in [0.4, 0.5) is 5.69 Å². The molecule has 4 aromatic rings. The maximum absolute atomic E-state index is 10.4. The number of nitrogens with zero attached hydrogens (tertiary/aromatic N) is 3. The molecule has 2 N–H and O–H groups in total. The van der Waals surface area contributed by atoms with Gasteiger partial charge >= 0.3 is 0 Å². The minimum Gasteiger partial charge on any atom is -0.472 e. The highest BCUT2D eigenvalue weighted by atomic mass is 16.3. The van der Waals surface area contributed by atoms with Crippen molar-refractivity contribution in [3.63, 3.8) is 0 Å². The number of furan rings is 1.